The maximum absolute atomic E-state index is 6.10. The van der Waals surface area contributed by atoms with Gasteiger partial charge in [0.25, 0.3) is 0 Å². The summed E-state index contributed by atoms with van der Waals surface area (Å²) in [6, 6.07) is 0. The highest BCUT2D eigenvalue weighted by molar-refractivity contribution is 6.01. The van der Waals surface area contributed by atoms with Gasteiger partial charge in [-0.2, -0.15) is 0 Å². The van der Waals surface area contributed by atoms with Crippen molar-refractivity contribution in [1.29, 1.82) is 0 Å². The van der Waals surface area contributed by atoms with Gasteiger partial charge in [-0.1, -0.05) is 27.7 Å². The molecule has 0 aromatic rings. The second-order valence-corrected chi connectivity index (χ2v) is 4.37. The summed E-state index contributed by atoms with van der Waals surface area (Å²) in [6.07, 6.45) is 0. The minimum atomic E-state index is 0.328. The van der Waals surface area contributed by atoms with Gasteiger partial charge in [-0.05, 0) is 24.3 Å². The largest absolute Gasteiger partial charge is 0.397 e. The number of hydrogen-bond donors (Lipinski definition) is 1. The minimum Gasteiger partial charge on any atom is -0.397 e. The zero-order valence-electron chi connectivity index (χ0n) is 10.8. The number of ether oxygens (including phenoxy) is 1. The van der Waals surface area contributed by atoms with Crippen molar-refractivity contribution in [3.63, 3.8) is 0 Å². The molecule has 2 N–H and O–H groups in total. The van der Waals surface area contributed by atoms with Gasteiger partial charge in [0.05, 0.1) is 11.4 Å². The third-order valence-corrected chi connectivity index (χ3v) is 2.48. The Hall–Kier alpha value is -0.830. The van der Waals surface area contributed by atoms with Crippen LogP contribution in [0.15, 0.2) is 16.3 Å². The van der Waals surface area contributed by atoms with Crippen molar-refractivity contribution in [3.05, 3.63) is 11.3 Å². The Labute approximate surface area is 93.4 Å². The standard InChI is InChI=1S/C12H24N2O/c1-8(2)10(5)11(13)12(9(3)4)14-7-15-6/h8-9H,7,13H2,1-6H3/b11-10-,14-12-. The van der Waals surface area contributed by atoms with E-state index in [0.29, 0.717) is 18.6 Å². The number of rotatable bonds is 5. The summed E-state index contributed by atoms with van der Waals surface area (Å²) in [4.78, 5) is 4.36. The summed E-state index contributed by atoms with van der Waals surface area (Å²) < 4.78 is 4.95. The predicted octanol–water partition coefficient (Wildman–Crippen LogP) is 2.58. The van der Waals surface area contributed by atoms with Crippen molar-refractivity contribution in [2.45, 2.75) is 34.6 Å². The number of nitrogens with two attached hydrogens (primary N) is 1. The fourth-order valence-corrected chi connectivity index (χ4v) is 1.23. The van der Waals surface area contributed by atoms with Crippen LogP contribution in [0.5, 0.6) is 0 Å². The second kappa shape index (κ2) is 6.62. The van der Waals surface area contributed by atoms with Crippen molar-refractivity contribution in [1.82, 2.24) is 0 Å². The third kappa shape index (κ3) is 4.47. The van der Waals surface area contributed by atoms with Gasteiger partial charge in [0.15, 0.2) is 0 Å². The number of allylic oxidation sites excluding steroid dienone is 2. The van der Waals surface area contributed by atoms with Gasteiger partial charge >= 0.3 is 0 Å². The van der Waals surface area contributed by atoms with E-state index >= 15 is 0 Å². The number of aliphatic imine (C=N–C) groups is 1. The maximum atomic E-state index is 6.10. The van der Waals surface area contributed by atoms with E-state index in [1.807, 2.05) is 0 Å². The number of hydrogen-bond acceptors (Lipinski definition) is 3. The lowest BCUT2D eigenvalue weighted by Gasteiger charge is -2.16. The van der Waals surface area contributed by atoms with Crippen LogP contribution in [-0.4, -0.2) is 19.6 Å². The Balaban J connectivity index is 5.01. The van der Waals surface area contributed by atoms with E-state index in [4.69, 9.17) is 10.5 Å². The molecular formula is C12H24N2O. The molecule has 88 valence electrons. The van der Waals surface area contributed by atoms with Crippen LogP contribution in [0.3, 0.4) is 0 Å². The van der Waals surface area contributed by atoms with Crippen LogP contribution in [-0.2, 0) is 4.74 Å². The van der Waals surface area contributed by atoms with Gasteiger partial charge < -0.3 is 10.5 Å². The lowest BCUT2D eigenvalue weighted by Crippen LogP contribution is -2.21. The first-order valence-electron chi connectivity index (χ1n) is 5.41. The van der Waals surface area contributed by atoms with Gasteiger partial charge in [0.1, 0.15) is 6.73 Å². The first-order valence-corrected chi connectivity index (χ1v) is 5.41. The number of nitrogens with zero attached hydrogens (tertiary/aromatic N) is 1. The van der Waals surface area contributed by atoms with E-state index < -0.39 is 0 Å². The molecule has 0 aliphatic heterocycles. The molecule has 0 aromatic heterocycles. The maximum Gasteiger partial charge on any atom is 0.137 e. The normalized spacial score (nSPS) is 14.8. The minimum absolute atomic E-state index is 0.328. The first kappa shape index (κ1) is 14.2. The Bertz CT molecular complexity index is 252. The highest BCUT2D eigenvalue weighted by atomic mass is 16.5. The zero-order valence-corrected chi connectivity index (χ0v) is 10.8. The molecule has 15 heavy (non-hydrogen) atoms. The summed E-state index contributed by atoms with van der Waals surface area (Å²) in [5.74, 6) is 0.783. The Morgan fingerprint density at radius 3 is 2.07 bits per heavy atom. The van der Waals surface area contributed by atoms with Crippen molar-refractivity contribution >= 4 is 5.71 Å². The summed E-state index contributed by atoms with van der Waals surface area (Å²) in [7, 11) is 1.64. The molecule has 0 amide bonds. The van der Waals surface area contributed by atoms with Crippen molar-refractivity contribution in [2.75, 3.05) is 13.8 Å². The lowest BCUT2D eigenvalue weighted by molar-refractivity contribution is 0.208. The molecule has 0 spiro atoms. The highest BCUT2D eigenvalue weighted by Crippen LogP contribution is 2.15. The lowest BCUT2D eigenvalue weighted by atomic mass is 9.96. The van der Waals surface area contributed by atoms with Crippen LogP contribution in [0, 0.1) is 11.8 Å². The smallest absolute Gasteiger partial charge is 0.137 e. The van der Waals surface area contributed by atoms with E-state index in [1.165, 1.54) is 5.57 Å². The molecule has 0 unspecified atom stereocenters. The van der Waals surface area contributed by atoms with E-state index in [9.17, 15) is 0 Å². The third-order valence-electron chi connectivity index (χ3n) is 2.48. The quantitative estimate of drug-likeness (QED) is 0.712. The molecule has 3 heteroatoms. The molecule has 0 rings (SSSR count). The average molecular weight is 212 g/mol. The van der Waals surface area contributed by atoms with Crippen LogP contribution in [0.1, 0.15) is 34.6 Å². The highest BCUT2D eigenvalue weighted by Gasteiger charge is 2.12. The molecule has 3 nitrogen and oxygen atoms in total. The van der Waals surface area contributed by atoms with Crippen LogP contribution in [0.4, 0.5) is 0 Å². The molecule has 0 aliphatic carbocycles. The molecule has 0 saturated carbocycles. The molecular weight excluding hydrogens is 188 g/mol. The van der Waals surface area contributed by atoms with Crippen LogP contribution in [0.25, 0.3) is 0 Å². The summed E-state index contributed by atoms with van der Waals surface area (Å²) >= 11 is 0. The van der Waals surface area contributed by atoms with Gasteiger partial charge in [-0.15, -0.1) is 0 Å². The fraction of sp³-hybridized carbons (Fsp3) is 0.750. The van der Waals surface area contributed by atoms with Gasteiger partial charge in [-0.3, -0.25) is 4.99 Å². The molecule has 0 atom stereocenters. The zero-order chi connectivity index (χ0) is 12.0. The SMILES string of the molecule is COC/N=C(\C(N)=C(/C)C(C)C)C(C)C. The first-order chi connectivity index (χ1) is 6.91. The predicted molar refractivity (Wildman–Crippen MR) is 65.9 cm³/mol. The molecule has 0 heterocycles. The number of methoxy groups -OCH3 is 1. The molecule has 0 aliphatic rings. The Morgan fingerprint density at radius 2 is 1.73 bits per heavy atom. The van der Waals surface area contributed by atoms with E-state index in [2.05, 4.69) is 39.6 Å². The van der Waals surface area contributed by atoms with Gasteiger partial charge in [0.2, 0.25) is 0 Å². The molecule has 0 radical (unpaired) electrons. The van der Waals surface area contributed by atoms with Crippen molar-refractivity contribution in [3.8, 4) is 0 Å². The van der Waals surface area contributed by atoms with E-state index in [-0.39, 0.29) is 0 Å². The molecule has 0 saturated heterocycles. The van der Waals surface area contributed by atoms with Crippen LogP contribution in [0.2, 0.25) is 0 Å². The monoisotopic (exact) mass is 212 g/mol. The fourth-order valence-electron chi connectivity index (χ4n) is 1.23. The van der Waals surface area contributed by atoms with Gasteiger partial charge in [0, 0.05) is 7.11 Å². The molecule has 0 fully saturated rings. The van der Waals surface area contributed by atoms with Crippen LogP contribution >= 0.6 is 0 Å². The molecule has 0 aromatic carbocycles. The summed E-state index contributed by atoms with van der Waals surface area (Å²) in [5.41, 5.74) is 9.05. The molecule has 0 bridgehead atoms. The second-order valence-electron chi connectivity index (χ2n) is 4.37. The van der Waals surface area contributed by atoms with E-state index in [0.717, 1.165) is 11.4 Å². The topological polar surface area (TPSA) is 47.6 Å². The van der Waals surface area contributed by atoms with E-state index in [1.54, 1.807) is 7.11 Å². The van der Waals surface area contributed by atoms with Crippen LogP contribution < -0.4 is 5.73 Å². The average Bonchev–Trinajstić information content (AvgIpc) is 2.16. The van der Waals surface area contributed by atoms with Crippen molar-refractivity contribution in [2.24, 2.45) is 22.6 Å². The summed E-state index contributed by atoms with van der Waals surface area (Å²) in [6.45, 7) is 10.9. The van der Waals surface area contributed by atoms with Gasteiger partial charge in [-0.25, -0.2) is 0 Å². The Morgan fingerprint density at radius 1 is 1.20 bits per heavy atom. The van der Waals surface area contributed by atoms with Crippen molar-refractivity contribution < 1.29 is 4.74 Å². The summed E-state index contributed by atoms with van der Waals surface area (Å²) in [5, 5.41) is 0. The Kier molecular flexibility index (Phi) is 6.25.